The molecule has 0 saturated carbocycles. The fourth-order valence-corrected chi connectivity index (χ4v) is 8.15. The van der Waals surface area contributed by atoms with E-state index in [1.807, 2.05) is 47.9 Å². The van der Waals surface area contributed by atoms with Gasteiger partial charge in [-0.1, -0.05) is 31.5 Å². The number of fused-ring (bicyclic) bond motifs is 1. The third-order valence-corrected chi connectivity index (χ3v) is 11.6. The number of aryl methyl sites for hydroxylation is 2. The quantitative estimate of drug-likeness (QED) is 0.119. The van der Waals surface area contributed by atoms with Crippen molar-refractivity contribution in [1.82, 2.24) is 14.5 Å². The number of benzene rings is 3. The monoisotopic (exact) mass is 753 g/mol. The van der Waals surface area contributed by atoms with Gasteiger partial charge in [0.1, 0.15) is 12.4 Å². The Kier molecular flexibility index (Phi) is 14.1. The number of carbonyl (C=O) groups is 1. The first-order valence-electron chi connectivity index (χ1n) is 19.3. The number of hydrogen-bond acceptors (Lipinski definition) is 8. The molecule has 0 radical (unpaired) electrons. The second-order valence-corrected chi connectivity index (χ2v) is 15.5. The minimum Gasteiger partial charge on any atom is -0.491 e. The fourth-order valence-electron chi connectivity index (χ4n) is 6.92. The van der Waals surface area contributed by atoms with Gasteiger partial charge < -0.3 is 29.0 Å². The SMILES string of the molecule is CCCCOCCOc1ccc(-c2ccc3c(c2)/C=C(/C(=O)Nc2ccc([S@](=O)Cc4c(C)ncn4CC)cc2)CCCN3C[C@@H]2COCCN2C)cc1. The van der Waals surface area contributed by atoms with Crippen molar-refractivity contribution in [3.63, 3.8) is 0 Å². The van der Waals surface area contributed by atoms with Crippen LogP contribution in [-0.4, -0.2) is 90.3 Å². The van der Waals surface area contributed by atoms with E-state index in [4.69, 9.17) is 14.2 Å². The van der Waals surface area contributed by atoms with Gasteiger partial charge in [0.15, 0.2) is 0 Å². The predicted octanol–water partition coefficient (Wildman–Crippen LogP) is 7.33. The van der Waals surface area contributed by atoms with Gasteiger partial charge in [-0.05, 0) is 111 Å². The molecule has 54 heavy (non-hydrogen) atoms. The molecule has 2 aliphatic heterocycles. The molecule has 0 spiro atoms. The Morgan fingerprint density at radius 3 is 2.56 bits per heavy atom. The number of likely N-dealkylation sites (N-methyl/N-ethyl adjacent to an activating group) is 1. The molecular formula is C43H55N5O5S. The van der Waals surface area contributed by atoms with E-state index in [9.17, 15) is 9.00 Å². The summed E-state index contributed by atoms with van der Waals surface area (Å²) in [5, 5.41) is 3.12. The minimum absolute atomic E-state index is 0.128. The average Bonchev–Trinajstić information content (AvgIpc) is 3.53. The summed E-state index contributed by atoms with van der Waals surface area (Å²) in [6.07, 6.45) is 7.52. The van der Waals surface area contributed by atoms with Gasteiger partial charge in [0.25, 0.3) is 5.91 Å². The number of aromatic nitrogens is 2. The fraction of sp³-hybridized carbons (Fsp3) is 0.442. The molecule has 3 heterocycles. The van der Waals surface area contributed by atoms with E-state index >= 15 is 0 Å². The standard InChI is InChI=1S/C43H55N5O5S/c1-5-7-22-51-24-25-53-39-15-10-33(11-16-39)34-12-19-41-36(26-34)27-35(9-8-20-48(41)28-38-29-52-23-21-46(38)4)43(49)45-37-13-17-40(18-14-37)54(50)30-42-32(3)44-31-47(42)6-2/h10-19,26-27,31,38H,5-9,20-25,28-30H2,1-4H3,(H,45,49)/b35-27+/t38-,54-/m1/s1. The van der Waals surface area contributed by atoms with Crippen LogP contribution in [0.2, 0.25) is 0 Å². The molecule has 1 aromatic heterocycles. The van der Waals surface area contributed by atoms with Gasteiger partial charge >= 0.3 is 0 Å². The maximum Gasteiger partial charge on any atom is 0.251 e. The van der Waals surface area contributed by atoms with E-state index in [-0.39, 0.29) is 11.9 Å². The summed E-state index contributed by atoms with van der Waals surface area (Å²) in [6, 6.07) is 22.3. The van der Waals surface area contributed by atoms with Crippen LogP contribution in [0, 0.1) is 6.92 Å². The first-order chi connectivity index (χ1) is 26.3. The van der Waals surface area contributed by atoms with E-state index in [0.29, 0.717) is 42.6 Å². The summed E-state index contributed by atoms with van der Waals surface area (Å²) in [4.78, 5) is 23.8. The molecule has 0 unspecified atom stereocenters. The van der Waals surface area contributed by atoms with Crippen molar-refractivity contribution in [3.05, 3.63) is 95.6 Å². The number of morpholine rings is 1. The van der Waals surface area contributed by atoms with Crippen molar-refractivity contribution in [3.8, 4) is 16.9 Å². The number of anilines is 2. The van der Waals surface area contributed by atoms with Gasteiger partial charge in [0.2, 0.25) is 0 Å². The molecule has 1 N–H and O–H groups in total. The Bertz CT molecular complexity index is 1890. The van der Waals surface area contributed by atoms with Crippen LogP contribution in [0.4, 0.5) is 11.4 Å². The van der Waals surface area contributed by atoms with Gasteiger partial charge in [-0.15, -0.1) is 0 Å². The summed E-state index contributed by atoms with van der Waals surface area (Å²) in [6.45, 7) is 12.9. The van der Waals surface area contributed by atoms with Crippen molar-refractivity contribution in [2.45, 2.75) is 69.7 Å². The number of nitrogens with zero attached hydrogens (tertiary/aromatic N) is 4. The van der Waals surface area contributed by atoms with Crippen molar-refractivity contribution in [2.24, 2.45) is 0 Å². The smallest absolute Gasteiger partial charge is 0.251 e. The Balaban J connectivity index is 1.19. The summed E-state index contributed by atoms with van der Waals surface area (Å²) in [5.41, 5.74) is 7.54. The van der Waals surface area contributed by atoms with Crippen LogP contribution in [0.25, 0.3) is 17.2 Å². The molecule has 0 aliphatic carbocycles. The zero-order valence-electron chi connectivity index (χ0n) is 32.2. The third-order valence-electron chi connectivity index (χ3n) is 10.3. The second kappa shape index (κ2) is 19.3. The lowest BCUT2D eigenvalue weighted by atomic mass is 9.96. The van der Waals surface area contributed by atoms with Crippen LogP contribution >= 0.6 is 0 Å². The molecule has 1 fully saturated rings. The largest absolute Gasteiger partial charge is 0.491 e. The molecule has 0 bridgehead atoms. The van der Waals surface area contributed by atoms with Gasteiger partial charge in [0, 0.05) is 54.6 Å². The molecule has 1 amide bonds. The Morgan fingerprint density at radius 1 is 1.00 bits per heavy atom. The van der Waals surface area contributed by atoms with E-state index in [0.717, 1.165) is 104 Å². The minimum atomic E-state index is -1.23. The van der Waals surface area contributed by atoms with Crippen molar-refractivity contribution in [2.75, 3.05) is 69.9 Å². The van der Waals surface area contributed by atoms with E-state index in [1.165, 1.54) is 0 Å². The summed E-state index contributed by atoms with van der Waals surface area (Å²) < 4.78 is 32.7. The van der Waals surface area contributed by atoms with Gasteiger partial charge in [-0.25, -0.2) is 4.98 Å². The van der Waals surface area contributed by atoms with Crippen LogP contribution < -0.4 is 15.0 Å². The molecule has 6 rings (SSSR count). The highest BCUT2D eigenvalue weighted by atomic mass is 32.2. The van der Waals surface area contributed by atoms with Crippen LogP contribution in [0.3, 0.4) is 0 Å². The number of unbranched alkanes of at least 4 members (excludes halogenated alkanes) is 1. The summed E-state index contributed by atoms with van der Waals surface area (Å²) >= 11 is 0. The third kappa shape index (κ3) is 10.3. The molecular weight excluding hydrogens is 699 g/mol. The van der Waals surface area contributed by atoms with Crippen molar-refractivity contribution < 1.29 is 23.2 Å². The lowest BCUT2D eigenvalue weighted by Gasteiger charge is -2.38. The molecule has 1 saturated heterocycles. The molecule has 2 aliphatic rings. The van der Waals surface area contributed by atoms with Gasteiger partial charge in [-0.3, -0.25) is 13.9 Å². The summed E-state index contributed by atoms with van der Waals surface area (Å²) in [5.74, 6) is 1.08. The number of amides is 1. The molecule has 2 atom stereocenters. The topological polar surface area (TPSA) is 98.2 Å². The van der Waals surface area contributed by atoms with Crippen LogP contribution in [0.15, 0.2) is 83.5 Å². The molecule has 4 aromatic rings. The van der Waals surface area contributed by atoms with Crippen LogP contribution in [0.1, 0.15) is 56.5 Å². The lowest BCUT2D eigenvalue weighted by Crippen LogP contribution is -2.49. The number of rotatable bonds is 16. The van der Waals surface area contributed by atoms with Crippen molar-refractivity contribution >= 4 is 34.2 Å². The number of nitrogens with one attached hydrogen (secondary N) is 1. The number of carbonyl (C=O) groups excluding carboxylic acids is 1. The normalized spacial score (nSPS) is 17.9. The maximum absolute atomic E-state index is 13.9. The van der Waals surface area contributed by atoms with Crippen molar-refractivity contribution in [1.29, 1.82) is 0 Å². The molecule has 10 nitrogen and oxygen atoms in total. The average molecular weight is 754 g/mol. The highest BCUT2D eigenvalue weighted by Crippen LogP contribution is 2.33. The number of hydrogen-bond donors (Lipinski definition) is 1. The second-order valence-electron chi connectivity index (χ2n) is 14.1. The molecule has 3 aromatic carbocycles. The van der Waals surface area contributed by atoms with E-state index < -0.39 is 10.8 Å². The Labute approximate surface area is 323 Å². The van der Waals surface area contributed by atoms with Crippen LogP contribution in [0.5, 0.6) is 5.75 Å². The zero-order valence-corrected chi connectivity index (χ0v) is 33.0. The van der Waals surface area contributed by atoms with Gasteiger partial charge in [-0.2, -0.15) is 0 Å². The Morgan fingerprint density at radius 2 is 1.80 bits per heavy atom. The molecule has 288 valence electrons. The molecule has 11 heteroatoms. The lowest BCUT2D eigenvalue weighted by molar-refractivity contribution is -0.112. The number of ether oxygens (including phenoxy) is 3. The maximum atomic E-state index is 13.9. The zero-order chi connectivity index (χ0) is 37.9. The number of imidazole rings is 1. The highest BCUT2D eigenvalue weighted by molar-refractivity contribution is 7.84. The van der Waals surface area contributed by atoms with Crippen LogP contribution in [-0.2, 0) is 37.4 Å². The Hall–Kier alpha value is -4.29. The highest BCUT2D eigenvalue weighted by Gasteiger charge is 2.25. The first-order valence-corrected chi connectivity index (χ1v) is 20.6. The first kappa shape index (κ1) is 39.4. The van der Waals surface area contributed by atoms with Gasteiger partial charge in [0.05, 0.1) is 60.1 Å². The predicted molar refractivity (Wildman–Crippen MR) is 218 cm³/mol. The summed E-state index contributed by atoms with van der Waals surface area (Å²) in [7, 11) is 0.936. The van der Waals surface area contributed by atoms with E-state index in [2.05, 4.69) is 77.4 Å². The van der Waals surface area contributed by atoms with E-state index in [1.54, 1.807) is 6.33 Å².